The lowest BCUT2D eigenvalue weighted by Gasteiger charge is -2.27. The molecule has 0 N–H and O–H groups in total. The molecule has 14 rings (SSSR count). The lowest BCUT2D eigenvalue weighted by atomic mass is 9.80. The topological polar surface area (TPSA) is 6.48 Å². The van der Waals surface area contributed by atoms with E-state index in [1.165, 1.54) is 197 Å². The third-order valence-electron chi connectivity index (χ3n) is 21.9. The van der Waals surface area contributed by atoms with Crippen LogP contribution in [-0.2, 0) is 25.7 Å². The minimum atomic E-state index is 1.01. The standard InChI is InChI=1S/C104H104N2/c1-7-11-13-15-17-19-27-89-73-101(87-57-69-95(70-58-87)105(91-61-49-83(50-62-91)79-41-33-75(5)34-42-79)93-65-53-85(54-66-93)81-45-37-77(25-9-3)38-46-81)97-29-21-23-31-99(97)103(89)104-90(28-20-18-16-14-12-8-2)74-102(98-30-22-24-32-100(98)104)88-59-71-96(72-60-88)106(92-63-51-84(52-64-92)80-43-35-76(6)36-44-80)94-67-55-86(56-68-94)82-47-39-78(26-10-4)40-48-82/h21-24,29-74H,7-20,25-28H2,1-6H3. The van der Waals surface area contributed by atoms with Gasteiger partial charge in [0.05, 0.1) is 0 Å². The number of hydrogen-bond donors (Lipinski definition) is 0. The monoisotopic (exact) mass is 1380 g/mol. The lowest BCUT2D eigenvalue weighted by molar-refractivity contribution is 0.607. The molecule has 0 saturated carbocycles. The fourth-order valence-corrected chi connectivity index (χ4v) is 16.0. The van der Waals surface area contributed by atoms with E-state index in [1.807, 2.05) is 0 Å². The average molecular weight is 1380 g/mol. The van der Waals surface area contributed by atoms with Crippen molar-refractivity contribution in [1.29, 1.82) is 0 Å². The van der Waals surface area contributed by atoms with E-state index in [9.17, 15) is 0 Å². The molecule has 2 nitrogen and oxygen atoms in total. The Hall–Kier alpha value is -10.8. The normalized spacial score (nSPS) is 11.4. The summed E-state index contributed by atoms with van der Waals surface area (Å²) in [6, 6.07) is 115. The van der Waals surface area contributed by atoms with Gasteiger partial charge in [-0.05, 0) is 259 Å². The Bertz CT molecular complexity index is 4810. The van der Waals surface area contributed by atoms with Crippen LogP contribution in [0, 0.1) is 13.8 Å². The van der Waals surface area contributed by atoms with Crippen molar-refractivity contribution in [1.82, 2.24) is 0 Å². The number of anilines is 6. The molecule has 106 heavy (non-hydrogen) atoms. The van der Waals surface area contributed by atoms with Crippen molar-refractivity contribution >= 4 is 55.7 Å². The van der Waals surface area contributed by atoms with Crippen LogP contribution in [0.4, 0.5) is 34.1 Å². The molecule has 530 valence electrons. The summed E-state index contributed by atoms with van der Waals surface area (Å²) in [7, 11) is 0. The Labute approximate surface area is 633 Å². The Balaban J connectivity index is 0.860. The van der Waals surface area contributed by atoms with Crippen LogP contribution in [0.2, 0.25) is 0 Å². The van der Waals surface area contributed by atoms with E-state index in [-0.39, 0.29) is 0 Å². The van der Waals surface area contributed by atoms with Gasteiger partial charge in [-0.1, -0.05) is 334 Å². The van der Waals surface area contributed by atoms with Gasteiger partial charge in [0.25, 0.3) is 0 Å². The van der Waals surface area contributed by atoms with Crippen LogP contribution < -0.4 is 9.80 Å². The molecule has 0 atom stereocenters. The van der Waals surface area contributed by atoms with Crippen molar-refractivity contribution in [2.45, 2.75) is 157 Å². The number of rotatable bonds is 31. The third kappa shape index (κ3) is 16.8. The van der Waals surface area contributed by atoms with E-state index in [0.29, 0.717) is 0 Å². The van der Waals surface area contributed by atoms with Gasteiger partial charge in [-0.2, -0.15) is 0 Å². The van der Waals surface area contributed by atoms with E-state index in [2.05, 4.69) is 355 Å². The maximum atomic E-state index is 2.61. The Morgan fingerprint density at radius 2 is 0.443 bits per heavy atom. The van der Waals surface area contributed by atoms with Crippen LogP contribution in [-0.4, -0.2) is 0 Å². The summed E-state index contributed by atoms with van der Waals surface area (Å²) in [4.78, 5) is 4.84. The summed E-state index contributed by atoms with van der Waals surface area (Å²) in [6.07, 6.45) is 21.5. The first-order valence-electron chi connectivity index (χ1n) is 39.9. The first-order valence-corrected chi connectivity index (χ1v) is 39.9. The molecule has 14 aromatic carbocycles. The van der Waals surface area contributed by atoms with Crippen LogP contribution in [0.1, 0.15) is 151 Å². The SMILES string of the molecule is CCCCCCCCc1cc(-c2ccc(N(c3ccc(-c4ccc(C)cc4)cc3)c3ccc(-c4ccc(CCC)cc4)cc3)cc2)c2ccccc2c1-c1c(CCCCCCCC)cc(-c2ccc(N(c3ccc(-c4ccc(C)cc4)cc3)c3ccc(-c4ccc(CCC)cc4)cc3)cc2)c2ccccc12. The predicted molar refractivity (Wildman–Crippen MR) is 460 cm³/mol. The average Bonchev–Trinajstić information content (AvgIpc) is 0.731. The second-order valence-electron chi connectivity index (χ2n) is 29.6. The zero-order valence-electron chi connectivity index (χ0n) is 63.5. The van der Waals surface area contributed by atoms with Crippen molar-refractivity contribution in [2.75, 3.05) is 9.80 Å². The highest BCUT2D eigenvalue weighted by Gasteiger charge is 2.24. The second-order valence-corrected chi connectivity index (χ2v) is 29.6. The quantitative estimate of drug-likeness (QED) is 0.0400. The van der Waals surface area contributed by atoms with Crippen molar-refractivity contribution in [3.8, 4) is 77.9 Å². The van der Waals surface area contributed by atoms with Gasteiger partial charge in [-0.15, -0.1) is 0 Å². The van der Waals surface area contributed by atoms with Gasteiger partial charge in [0.1, 0.15) is 0 Å². The first-order chi connectivity index (χ1) is 52.2. The summed E-state index contributed by atoms with van der Waals surface area (Å²) < 4.78 is 0. The number of aryl methyl sites for hydroxylation is 6. The molecule has 2 heteroatoms. The maximum Gasteiger partial charge on any atom is 0.0462 e. The molecule has 0 spiro atoms. The Kier molecular flexibility index (Phi) is 23.7. The summed E-state index contributed by atoms with van der Waals surface area (Å²) in [5.41, 5.74) is 32.5. The smallest absolute Gasteiger partial charge is 0.0462 e. The molecule has 0 aliphatic carbocycles. The van der Waals surface area contributed by atoms with Crippen molar-refractivity contribution in [3.63, 3.8) is 0 Å². The largest absolute Gasteiger partial charge is 0.311 e. The predicted octanol–water partition coefficient (Wildman–Crippen LogP) is 30.9. The molecule has 0 heterocycles. The first kappa shape index (κ1) is 72.2. The highest BCUT2D eigenvalue weighted by atomic mass is 15.1. The van der Waals surface area contributed by atoms with Gasteiger partial charge < -0.3 is 9.80 Å². The lowest BCUT2D eigenvalue weighted by Crippen LogP contribution is -2.09. The van der Waals surface area contributed by atoms with E-state index in [0.717, 1.165) is 85.5 Å². The van der Waals surface area contributed by atoms with Gasteiger partial charge in [-0.3, -0.25) is 0 Å². The number of unbranched alkanes of at least 4 members (excludes halogenated alkanes) is 10. The molecule has 0 amide bonds. The Morgan fingerprint density at radius 1 is 0.208 bits per heavy atom. The zero-order valence-corrected chi connectivity index (χ0v) is 63.5. The third-order valence-corrected chi connectivity index (χ3v) is 21.9. The van der Waals surface area contributed by atoms with Crippen LogP contribution in [0.15, 0.2) is 303 Å². The molecule has 0 radical (unpaired) electrons. The maximum absolute atomic E-state index is 2.61. The molecule has 0 bridgehead atoms. The number of hydrogen-bond acceptors (Lipinski definition) is 2. The van der Waals surface area contributed by atoms with E-state index in [4.69, 9.17) is 0 Å². The summed E-state index contributed by atoms with van der Waals surface area (Å²) >= 11 is 0. The molecule has 0 unspecified atom stereocenters. The van der Waals surface area contributed by atoms with E-state index in [1.54, 1.807) is 0 Å². The molecule has 14 aromatic rings. The Morgan fingerprint density at radius 3 is 0.717 bits per heavy atom. The van der Waals surface area contributed by atoms with Gasteiger partial charge in [0.2, 0.25) is 0 Å². The molecule has 0 aliphatic heterocycles. The molecular formula is C104H104N2. The molecular weight excluding hydrogens is 1280 g/mol. The highest BCUT2D eigenvalue weighted by Crippen LogP contribution is 2.48. The minimum absolute atomic E-state index is 1.01. The summed E-state index contributed by atoms with van der Waals surface area (Å²) in [6.45, 7) is 13.5. The molecule has 0 fully saturated rings. The van der Waals surface area contributed by atoms with E-state index < -0.39 is 0 Å². The molecule has 0 aliphatic rings. The van der Waals surface area contributed by atoms with Crippen LogP contribution >= 0.6 is 0 Å². The van der Waals surface area contributed by atoms with Crippen LogP contribution in [0.25, 0.3) is 99.4 Å². The number of benzene rings is 14. The van der Waals surface area contributed by atoms with Crippen molar-refractivity contribution in [2.24, 2.45) is 0 Å². The molecule has 0 aromatic heterocycles. The van der Waals surface area contributed by atoms with E-state index >= 15 is 0 Å². The van der Waals surface area contributed by atoms with Gasteiger partial charge in [0, 0.05) is 34.1 Å². The molecule has 0 saturated heterocycles. The van der Waals surface area contributed by atoms with Gasteiger partial charge in [0.15, 0.2) is 0 Å². The highest BCUT2D eigenvalue weighted by molar-refractivity contribution is 6.14. The van der Waals surface area contributed by atoms with Crippen LogP contribution in [0.3, 0.4) is 0 Å². The van der Waals surface area contributed by atoms with Crippen LogP contribution in [0.5, 0.6) is 0 Å². The zero-order chi connectivity index (χ0) is 72.6. The fourth-order valence-electron chi connectivity index (χ4n) is 16.0. The van der Waals surface area contributed by atoms with Gasteiger partial charge >= 0.3 is 0 Å². The fraction of sp³-hybridized carbons (Fsp3) is 0.231. The minimum Gasteiger partial charge on any atom is -0.311 e. The van der Waals surface area contributed by atoms with Crippen molar-refractivity contribution in [3.05, 3.63) is 337 Å². The summed E-state index contributed by atoms with van der Waals surface area (Å²) in [5.74, 6) is 0. The summed E-state index contributed by atoms with van der Waals surface area (Å²) in [5, 5.41) is 5.24. The van der Waals surface area contributed by atoms with Crippen molar-refractivity contribution < 1.29 is 0 Å². The van der Waals surface area contributed by atoms with Gasteiger partial charge in [-0.25, -0.2) is 0 Å². The second kappa shape index (κ2) is 34.9. The number of nitrogens with zero attached hydrogens (tertiary/aromatic N) is 2. The number of fused-ring (bicyclic) bond motifs is 2.